The van der Waals surface area contributed by atoms with Crippen LogP contribution in [-0.4, -0.2) is 22.5 Å². The number of anilines is 1. The first-order valence-electron chi connectivity index (χ1n) is 6.48. The number of hydrogen-bond donors (Lipinski definition) is 2. The zero-order valence-electron chi connectivity index (χ0n) is 12.0. The third kappa shape index (κ3) is 4.19. The topological polar surface area (TPSA) is 66.9 Å². The van der Waals surface area contributed by atoms with Crippen LogP contribution in [0.3, 0.4) is 0 Å². The van der Waals surface area contributed by atoms with Crippen LogP contribution in [0.2, 0.25) is 0 Å². The maximum atomic E-state index is 13.2. The van der Waals surface area contributed by atoms with E-state index in [0.29, 0.717) is 0 Å². The summed E-state index contributed by atoms with van der Waals surface area (Å²) in [6, 6.07) is 2.33. The number of nitrogens with zero attached hydrogens (tertiary/aromatic N) is 2. The van der Waals surface area contributed by atoms with Crippen LogP contribution in [0.4, 0.5) is 28.0 Å². The average Bonchev–Trinajstić information content (AvgIpc) is 2.52. The third-order valence-electron chi connectivity index (χ3n) is 2.76. The van der Waals surface area contributed by atoms with E-state index < -0.39 is 29.4 Å². The van der Waals surface area contributed by atoms with Gasteiger partial charge in [0, 0.05) is 11.8 Å². The quantitative estimate of drug-likeness (QED) is 0.668. The van der Waals surface area contributed by atoms with Crippen LogP contribution >= 0.6 is 0 Å². The van der Waals surface area contributed by atoms with Crippen molar-refractivity contribution < 1.29 is 22.4 Å². The third-order valence-corrected chi connectivity index (χ3v) is 2.76. The van der Waals surface area contributed by atoms with E-state index in [4.69, 9.17) is 6.42 Å². The van der Waals surface area contributed by atoms with Gasteiger partial charge in [0.1, 0.15) is 5.82 Å². The van der Waals surface area contributed by atoms with Crippen molar-refractivity contribution in [2.45, 2.75) is 6.18 Å². The molecule has 9 heteroatoms. The molecular weight excluding hydrogens is 328 g/mol. The van der Waals surface area contributed by atoms with Crippen LogP contribution in [0.1, 0.15) is 5.69 Å². The molecular formula is C15H10F4N4O. The van der Waals surface area contributed by atoms with Crippen molar-refractivity contribution in [1.29, 1.82) is 0 Å². The molecule has 2 aromatic heterocycles. The van der Waals surface area contributed by atoms with Crippen LogP contribution in [0.15, 0.2) is 30.6 Å². The van der Waals surface area contributed by atoms with Gasteiger partial charge in [-0.2, -0.15) is 13.2 Å². The largest absolute Gasteiger partial charge is 0.435 e. The van der Waals surface area contributed by atoms with Gasteiger partial charge in [-0.1, -0.05) is 5.92 Å². The molecule has 0 atom stereocenters. The Kier molecular flexibility index (Phi) is 4.99. The van der Waals surface area contributed by atoms with Crippen molar-refractivity contribution in [2.75, 3.05) is 11.9 Å². The predicted molar refractivity (Wildman–Crippen MR) is 78.3 cm³/mol. The fraction of sp³-hybridized carbons (Fsp3) is 0.133. The van der Waals surface area contributed by atoms with Gasteiger partial charge in [0.15, 0.2) is 5.69 Å². The molecule has 0 aliphatic rings. The van der Waals surface area contributed by atoms with Gasteiger partial charge in [-0.05, 0) is 18.2 Å². The molecule has 0 aromatic carbocycles. The molecule has 0 aliphatic heterocycles. The number of amides is 2. The zero-order chi connectivity index (χ0) is 17.7. The molecule has 0 bridgehead atoms. The molecule has 2 rings (SSSR count). The second-order valence-electron chi connectivity index (χ2n) is 4.49. The number of alkyl halides is 3. The van der Waals surface area contributed by atoms with Gasteiger partial charge in [0.25, 0.3) is 0 Å². The number of carbonyl (C=O) groups is 1. The van der Waals surface area contributed by atoms with E-state index in [9.17, 15) is 22.4 Å². The highest BCUT2D eigenvalue weighted by Gasteiger charge is 2.36. The van der Waals surface area contributed by atoms with Crippen molar-refractivity contribution in [1.82, 2.24) is 15.3 Å². The molecule has 0 unspecified atom stereocenters. The molecule has 2 heterocycles. The first-order chi connectivity index (χ1) is 11.3. The highest BCUT2D eigenvalue weighted by molar-refractivity contribution is 5.90. The van der Waals surface area contributed by atoms with E-state index in [1.165, 1.54) is 12.3 Å². The molecule has 124 valence electrons. The van der Waals surface area contributed by atoms with Gasteiger partial charge in [-0.3, -0.25) is 4.98 Å². The molecule has 0 saturated heterocycles. The van der Waals surface area contributed by atoms with Crippen LogP contribution in [0.25, 0.3) is 11.3 Å². The first kappa shape index (κ1) is 17.2. The van der Waals surface area contributed by atoms with Crippen molar-refractivity contribution >= 4 is 11.7 Å². The molecule has 2 aromatic rings. The monoisotopic (exact) mass is 338 g/mol. The van der Waals surface area contributed by atoms with Crippen LogP contribution < -0.4 is 10.6 Å². The van der Waals surface area contributed by atoms with E-state index >= 15 is 0 Å². The van der Waals surface area contributed by atoms with Gasteiger partial charge >= 0.3 is 12.2 Å². The second-order valence-corrected chi connectivity index (χ2v) is 4.49. The molecule has 0 fully saturated rings. The minimum absolute atomic E-state index is 0.0730. The number of nitrogens with one attached hydrogen (secondary N) is 2. The number of rotatable bonds is 3. The molecule has 0 radical (unpaired) electrons. The van der Waals surface area contributed by atoms with Crippen molar-refractivity contribution in [3.63, 3.8) is 0 Å². The minimum Gasteiger partial charge on any atom is -0.327 e. The summed E-state index contributed by atoms with van der Waals surface area (Å²) in [5, 5.41) is 4.20. The Bertz CT molecular complexity index is 799. The van der Waals surface area contributed by atoms with Crippen molar-refractivity contribution in [3.8, 4) is 23.6 Å². The van der Waals surface area contributed by atoms with E-state index in [1.807, 2.05) is 5.32 Å². The normalized spacial score (nSPS) is 10.8. The highest BCUT2D eigenvalue weighted by atomic mass is 19.4. The fourth-order valence-electron chi connectivity index (χ4n) is 1.79. The summed E-state index contributed by atoms with van der Waals surface area (Å²) in [5.74, 6) is 1.40. The fourth-order valence-corrected chi connectivity index (χ4v) is 1.79. The standard InChI is InChI=1S/C15H10F4N4O/c1-2-5-21-14(24)23-12-4-3-11(22-13(12)15(17,18)19)9-6-10(16)8-20-7-9/h1,3-4,6-8H,5H2,(H2,21,23,24). The number of carbonyl (C=O) groups excluding carboxylic acids is 1. The van der Waals surface area contributed by atoms with Crippen LogP contribution in [-0.2, 0) is 6.18 Å². The SMILES string of the molecule is C#CCNC(=O)Nc1ccc(-c2cncc(F)c2)nc1C(F)(F)F. The Balaban J connectivity index is 2.40. The Morgan fingerprint density at radius 2 is 2.04 bits per heavy atom. The average molecular weight is 338 g/mol. The van der Waals surface area contributed by atoms with Crippen molar-refractivity contribution in [3.05, 3.63) is 42.1 Å². The zero-order valence-corrected chi connectivity index (χ0v) is 12.0. The lowest BCUT2D eigenvalue weighted by Crippen LogP contribution is -2.30. The van der Waals surface area contributed by atoms with Gasteiger partial charge in [-0.15, -0.1) is 6.42 Å². The van der Waals surface area contributed by atoms with Gasteiger partial charge in [0.05, 0.1) is 24.1 Å². The summed E-state index contributed by atoms with van der Waals surface area (Å²) < 4.78 is 52.7. The van der Waals surface area contributed by atoms with Gasteiger partial charge in [0.2, 0.25) is 0 Å². The lowest BCUT2D eigenvalue weighted by molar-refractivity contribution is -0.140. The Labute approximate surface area is 134 Å². The van der Waals surface area contributed by atoms with Gasteiger partial charge < -0.3 is 10.6 Å². The van der Waals surface area contributed by atoms with Crippen molar-refractivity contribution in [2.24, 2.45) is 0 Å². The lowest BCUT2D eigenvalue weighted by atomic mass is 10.1. The summed E-state index contributed by atoms with van der Waals surface area (Å²) >= 11 is 0. The molecule has 0 aliphatic carbocycles. The molecule has 24 heavy (non-hydrogen) atoms. The summed E-state index contributed by atoms with van der Waals surface area (Å²) in [5.41, 5.74) is -1.93. The van der Waals surface area contributed by atoms with Gasteiger partial charge in [-0.25, -0.2) is 14.2 Å². The lowest BCUT2D eigenvalue weighted by Gasteiger charge is -2.14. The van der Waals surface area contributed by atoms with Crippen LogP contribution in [0, 0.1) is 18.2 Å². The Morgan fingerprint density at radius 1 is 1.29 bits per heavy atom. The number of terminal acetylenes is 1. The summed E-state index contributed by atoms with van der Waals surface area (Å²) in [4.78, 5) is 18.5. The highest BCUT2D eigenvalue weighted by Crippen LogP contribution is 2.35. The summed E-state index contributed by atoms with van der Waals surface area (Å²) in [7, 11) is 0. The van der Waals surface area contributed by atoms with E-state index in [2.05, 4.69) is 21.2 Å². The number of halogens is 4. The molecule has 2 N–H and O–H groups in total. The maximum absolute atomic E-state index is 13.2. The van der Waals surface area contributed by atoms with E-state index in [1.54, 1.807) is 0 Å². The Morgan fingerprint density at radius 3 is 2.67 bits per heavy atom. The summed E-state index contributed by atoms with van der Waals surface area (Å²) in [6.07, 6.45) is 2.21. The minimum atomic E-state index is -4.83. The first-order valence-corrected chi connectivity index (χ1v) is 6.48. The smallest absolute Gasteiger partial charge is 0.327 e. The molecule has 0 spiro atoms. The molecule has 5 nitrogen and oxygen atoms in total. The molecule has 2 amide bonds. The number of hydrogen-bond acceptors (Lipinski definition) is 3. The van der Waals surface area contributed by atoms with E-state index in [0.717, 1.165) is 18.3 Å². The summed E-state index contributed by atoms with van der Waals surface area (Å²) in [6.45, 7) is -0.145. The predicted octanol–water partition coefficient (Wildman–Crippen LogP) is 3.06. The second kappa shape index (κ2) is 6.95. The number of pyridine rings is 2. The maximum Gasteiger partial charge on any atom is 0.435 e. The van der Waals surface area contributed by atoms with Crippen LogP contribution in [0.5, 0.6) is 0 Å². The number of urea groups is 1. The van der Waals surface area contributed by atoms with E-state index in [-0.39, 0.29) is 17.8 Å². The molecule has 0 saturated carbocycles. The number of aromatic nitrogens is 2. The Hall–Kier alpha value is -3.15.